The Bertz CT molecular complexity index is 481. The van der Waals surface area contributed by atoms with Crippen molar-refractivity contribution in [2.24, 2.45) is 5.92 Å². The van der Waals surface area contributed by atoms with E-state index in [-0.39, 0.29) is 31.8 Å². The van der Waals surface area contributed by atoms with E-state index in [1.807, 2.05) is 0 Å². The molecule has 0 amide bonds. The lowest BCUT2D eigenvalue weighted by atomic mass is 9.95. The van der Waals surface area contributed by atoms with Crippen molar-refractivity contribution in [1.82, 2.24) is 0 Å². The van der Waals surface area contributed by atoms with Gasteiger partial charge in [-0.3, -0.25) is 14.4 Å². The number of ketones is 1. The molecule has 0 N–H and O–H groups in total. The van der Waals surface area contributed by atoms with E-state index in [0.29, 0.717) is 5.56 Å². The van der Waals surface area contributed by atoms with Gasteiger partial charge in [0.25, 0.3) is 0 Å². The Morgan fingerprint density at radius 2 is 1.57 bits per heavy atom. The first-order chi connectivity index (χ1) is 10.1. The molecule has 0 aliphatic carbocycles. The number of rotatable bonds is 8. The van der Waals surface area contributed by atoms with E-state index in [1.54, 1.807) is 44.2 Å². The third-order valence-corrected chi connectivity index (χ3v) is 2.87. The first-order valence-electron chi connectivity index (χ1n) is 6.99. The standard InChI is InChI=1S/C16H20O5/c1-3-20-15(18)11-13(16(19)21-4-2)10-14(17)12-8-6-5-7-9-12/h5-9,13H,3-4,10-11H2,1-2H3. The predicted octanol–water partition coefficient (Wildman–Crippen LogP) is 2.39. The van der Waals surface area contributed by atoms with Gasteiger partial charge in [-0.05, 0) is 13.8 Å². The Morgan fingerprint density at radius 3 is 2.14 bits per heavy atom. The number of benzene rings is 1. The van der Waals surface area contributed by atoms with Crippen molar-refractivity contribution in [3.05, 3.63) is 35.9 Å². The number of hydrogen-bond donors (Lipinski definition) is 0. The monoisotopic (exact) mass is 292 g/mol. The first kappa shape index (κ1) is 16.9. The van der Waals surface area contributed by atoms with Crippen molar-refractivity contribution in [2.75, 3.05) is 13.2 Å². The summed E-state index contributed by atoms with van der Waals surface area (Å²) in [7, 11) is 0. The van der Waals surface area contributed by atoms with Crippen LogP contribution in [-0.4, -0.2) is 30.9 Å². The molecule has 0 fully saturated rings. The van der Waals surface area contributed by atoms with Crippen LogP contribution in [0, 0.1) is 5.92 Å². The normalized spacial score (nSPS) is 11.5. The molecule has 0 radical (unpaired) electrons. The van der Waals surface area contributed by atoms with E-state index >= 15 is 0 Å². The molecule has 1 atom stereocenters. The summed E-state index contributed by atoms with van der Waals surface area (Å²) < 4.78 is 9.75. The maximum Gasteiger partial charge on any atom is 0.309 e. The van der Waals surface area contributed by atoms with Gasteiger partial charge in [-0.15, -0.1) is 0 Å². The minimum absolute atomic E-state index is 0.0678. The third kappa shape index (κ3) is 5.77. The molecule has 0 aliphatic heterocycles. The van der Waals surface area contributed by atoms with Crippen LogP contribution < -0.4 is 0 Å². The molecule has 1 rings (SSSR count). The summed E-state index contributed by atoms with van der Waals surface area (Å²) in [6, 6.07) is 8.65. The van der Waals surface area contributed by atoms with E-state index in [9.17, 15) is 14.4 Å². The van der Waals surface area contributed by atoms with Gasteiger partial charge in [-0.2, -0.15) is 0 Å². The van der Waals surface area contributed by atoms with Crippen molar-refractivity contribution in [1.29, 1.82) is 0 Å². The Kier molecular flexibility index (Phi) is 7.15. The number of carbonyl (C=O) groups excluding carboxylic acids is 3. The molecule has 0 saturated carbocycles. The van der Waals surface area contributed by atoms with Crippen LogP contribution in [0.25, 0.3) is 0 Å². The molecule has 0 heterocycles. The fourth-order valence-corrected chi connectivity index (χ4v) is 1.89. The highest BCUT2D eigenvalue weighted by Crippen LogP contribution is 2.16. The molecule has 5 nitrogen and oxygen atoms in total. The van der Waals surface area contributed by atoms with Gasteiger partial charge in [0.2, 0.25) is 0 Å². The lowest BCUT2D eigenvalue weighted by Crippen LogP contribution is -2.25. The van der Waals surface area contributed by atoms with Crippen molar-refractivity contribution in [3.8, 4) is 0 Å². The second kappa shape index (κ2) is 8.89. The molecule has 21 heavy (non-hydrogen) atoms. The molecule has 0 bridgehead atoms. The Morgan fingerprint density at radius 1 is 0.952 bits per heavy atom. The summed E-state index contributed by atoms with van der Waals surface area (Å²) in [4.78, 5) is 35.5. The molecular weight excluding hydrogens is 272 g/mol. The van der Waals surface area contributed by atoms with Crippen molar-refractivity contribution < 1.29 is 23.9 Å². The average molecular weight is 292 g/mol. The molecule has 0 spiro atoms. The molecular formula is C16H20O5. The van der Waals surface area contributed by atoms with Crippen LogP contribution >= 0.6 is 0 Å². The van der Waals surface area contributed by atoms with Gasteiger partial charge in [-0.1, -0.05) is 30.3 Å². The second-order valence-corrected chi connectivity index (χ2v) is 4.45. The van der Waals surface area contributed by atoms with Gasteiger partial charge in [-0.25, -0.2) is 0 Å². The smallest absolute Gasteiger partial charge is 0.309 e. The summed E-state index contributed by atoms with van der Waals surface area (Å²) in [5.41, 5.74) is 0.510. The topological polar surface area (TPSA) is 69.7 Å². The van der Waals surface area contributed by atoms with E-state index < -0.39 is 17.9 Å². The largest absolute Gasteiger partial charge is 0.466 e. The SMILES string of the molecule is CCOC(=O)CC(CC(=O)c1ccccc1)C(=O)OCC. The van der Waals surface area contributed by atoms with Crippen molar-refractivity contribution >= 4 is 17.7 Å². The summed E-state index contributed by atoms with van der Waals surface area (Å²) in [5.74, 6) is -2.05. The number of esters is 2. The van der Waals surface area contributed by atoms with Gasteiger partial charge in [0, 0.05) is 12.0 Å². The maximum absolute atomic E-state index is 12.1. The second-order valence-electron chi connectivity index (χ2n) is 4.45. The predicted molar refractivity (Wildman–Crippen MR) is 76.8 cm³/mol. The summed E-state index contributed by atoms with van der Waals surface area (Å²) >= 11 is 0. The van der Waals surface area contributed by atoms with Crippen LogP contribution in [0.1, 0.15) is 37.0 Å². The quantitative estimate of drug-likeness (QED) is 0.543. The van der Waals surface area contributed by atoms with Crippen LogP contribution in [0.5, 0.6) is 0 Å². The lowest BCUT2D eigenvalue weighted by molar-refractivity contribution is -0.154. The highest BCUT2D eigenvalue weighted by molar-refractivity contribution is 5.98. The Hall–Kier alpha value is -2.17. The lowest BCUT2D eigenvalue weighted by Gasteiger charge is -2.14. The van der Waals surface area contributed by atoms with Crippen LogP contribution in [-0.2, 0) is 19.1 Å². The van der Waals surface area contributed by atoms with Crippen LogP contribution in [0.2, 0.25) is 0 Å². The number of ether oxygens (including phenoxy) is 2. The Balaban J connectivity index is 2.74. The molecule has 1 aromatic rings. The fourth-order valence-electron chi connectivity index (χ4n) is 1.89. The van der Waals surface area contributed by atoms with Crippen LogP contribution in [0.15, 0.2) is 30.3 Å². The van der Waals surface area contributed by atoms with Crippen LogP contribution in [0.3, 0.4) is 0 Å². The van der Waals surface area contributed by atoms with E-state index in [0.717, 1.165) is 0 Å². The van der Waals surface area contributed by atoms with Gasteiger partial charge in [0.15, 0.2) is 5.78 Å². The van der Waals surface area contributed by atoms with E-state index in [2.05, 4.69) is 0 Å². The maximum atomic E-state index is 12.1. The molecule has 0 saturated heterocycles. The highest BCUT2D eigenvalue weighted by atomic mass is 16.5. The van der Waals surface area contributed by atoms with Gasteiger partial charge < -0.3 is 9.47 Å². The van der Waals surface area contributed by atoms with Crippen molar-refractivity contribution in [3.63, 3.8) is 0 Å². The van der Waals surface area contributed by atoms with E-state index in [1.165, 1.54) is 0 Å². The van der Waals surface area contributed by atoms with Crippen LogP contribution in [0.4, 0.5) is 0 Å². The zero-order chi connectivity index (χ0) is 15.7. The number of hydrogen-bond acceptors (Lipinski definition) is 5. The van der Waals surface area contributed by atoms with Gasteiger partial charge in [0.1, 0.15) is 0 Å². The Labute approximate surface area is 124 Å². The summed E-state index contributed by atoms with van der Waals surface area (Å²) in [6.07, 6.45) is -0.215. The summed E-state index contributed by atoms with van der Waals surface area (Å²) in [6.45, 7) is 3.81. The third-order valence-electron chi connectivity index (χ3n) is 2.87. The van der Waals surface area contributed by atoms with Gasteiger partial charge in [0.05, 0.1) is 25.6 Å². The minimum Gasteiger partial charge on any atom is -0.466 e. The molecule has 5 heteroatoms. The molecule has 1 aromatic carbocycles. The van der Waals surface area contributed by atoms with E-state index in [4.69, 9.17) is 9.47 Å². The summed E-state index contributed by atoms with van der Waals surface area (Å²) in [5, 5.41) is 0. The zero-order valence-electron chi connectivity index (χ0n) is 12.3. The average Bonchev–Trinajstić information content (AvgIpc) is 2.48. The number of Topliss-reactive ketones (excluding diaryl/α,β-unsaturated/α-hetero) is 1. The fraction of sp³-hybridized carbons (Fsp3) is 0.438. The highest BCUT2D eigenvalue weighted by Gasteiger charge is 2.27. The molecule has 1 unspecified atom stereocenters. The number of carbonyl (C=O) groups is 3. The zero-order valence-corrected chi connectivity index (χ0v) is 12.3. The molecule has 0 aliphatic rings. The minimum atomic E-state index is -0.809. The molecule has 0 aromatic heterocycles. The van der Waals surface area contributed by atoms with Gasteiger partial charge >= 0.3 is 11.9 Å². The van der Waals surface area contributed by atoms with Crippen molar-refractivity contribution in [2.45, 2.75) is 26.7 Å². The molecule has 114 valence electrons. The first-order valence-corrected chi connectivity index (χ1v) is 6.99.